The minimum atomic E-state index is 0.781. The molecule has 0 atom stereocenters. The minimum Gasteiger partial charge on any atom is -0.0662 e. The van der Waals surface area contributed by atoms with Crippen molar-refractivity contribution >= 4 is 15.9 Å². The number of hydrogen-bond donors (Lipinski definition) is 0. The zero-order valence-electron chi connectivity index (χ0n) is 5.74. The Morgan fingerprint density at radius 1 is 1.62 bits per heavy atom. The second-order valence-electron chi connectivity index (χ2n) is 2.55. The van der Waals surface area contributed by atoms with E-state index in [-0.39, 0.29) is 0 Å². The van der Waals surface area contributed by atoms with E-state index >= 15 is 0 Å². The molecule has 0 fully saturated rings. The molecule has 0 aromatic carbocycles. The van der Waals surface area contributed by atoms with Crippen molar-refractivity contribution in [3.8, 4) is 0 Å². The molecule has 0 radical (unpaired) electrons. The van der Waals surface area contributed by atoms with Gasteiger partial charge in [-0.15, -0.1) is 0 Å². The van der Waals surface area contributed by atoms with E-state index in [1.165, 1.54) is 12.0 Å². The molecule has 0 aliphatic heterocycles. The summed E-state index contributed by atoms with van der Waals surface area (Å²) in [4.78, 5) is 1.99. The Hall–Kier alpha value is 0.220. The highest BCUT2D eigenvalue weighted by Crippen LogP contribution is 2.10. The molecule has 0 aliphatic rings. The number of hydrogen-bond acceptors (Lipinski definition) is 0. The minimum absolute atomic E-state index is 0.781. The second-order valence-corrected chi connectivity index (χ2v) is 3.01. The molecule has 0 amide bonds. The van der Waals surface area contributed by atoms with Gasteiger partial charge < -0.3 is 0 Å². The molecule has 8 heavy (non-hydrogen) atoms. The fourth-order valence-electron chi connectivity index (χ4n) is 0.688. The van der Waals surface area contributed by atoms with E-state index in [2.05, 4.69) is 36.7 Å². The quantitative estimate of drug-likeness (QED) is 0.606. The van der Waals surface area contributed by atoms with E-state index in [9.17, 15) is 0 Å². The topological polar surface area (TPSA) is 0 Å². The molecule has 0 saturated carbocycles. The van der Waals surface area contributed by atoms with Crippen LogP contribution in [-0.2, 0) is 0 Å². The monoisotopic (exact) mass is 176 g/mol. The third-order valence-corrected chi connectivity index (χ3v) is 1.70. The van der Waals surface area contributed by atoms with Crippen molar-refractivity contribution in [2.75, 3.05) is 0 Å². The van der Waals surface area contributed by atoms with Crippen LogP contribution in [0, 0.1) is 5.92 Å². The summed E-state index contributed by atoms with van der Waals surface area (Å²) in [5.41, 5.74) is 1.42. The highest BCUT2D eigenvalue weighted by atomic mass is 79.9. The molecule has 48 valence electrons. The Morgan fingerprint density at radius 2 is 2.12 bits per heavy atom. The highest BCUT2D eigenvalue weighted by molar-refractivity contribution is 9.11. The maximum atomic E-state index is 3.28. The molecule has 0 heterocycles. The number of rotatable bonds is 2. The fourth-order valence-corrected chi connectivity index (χ4v) is 0.875. The summed E-state index contributed by atoms with van der Waals surface area (Å²) in [5, 5.41) is 0. The van der Waals surface area contributed by atoms with Crippen molar-refractivity contribution in [1.29, 1.82) is 0 Å². The molecule has 0 aliphatic carbocycles. The molecular formula is C7H13Br. The lowest BCUT2D eigenvalue weighted by atomic mass is 10.1. The molecule has 0 rings (SSSR count). The molecule has 0 nitrogen and oxygen atoms in total. The van der Waals surface area contributed by atoms with Gasteiger partial charge in [0, 0.05) is 0 Å². The summed E-state index contributed by atoms with van der Waals surface area (Å²) < 4.78 is 0. The average Bonchev–Trinajstić information content (AvgIpc) is 1.65. The Balaban J connectivity index is 3.39. The molecular weight excluding hydrogens is 164 g/mol. The second kappa shape index (κ2) is 4.13. The highest BCUT2D eigenvalue weighted by Gasteiger charge is 1.92. The number of allylic oxidation sites excluding steroid dienone is 1. The summed E-state index contributed by atoms with van der Waals surface area (Å²) >= 11 is 3.28. The van der Waals surface area contributed by atoms with E-state index in [1.807, 2.05) is 4.99 Å². The molecule has 0 spiro atoms. The first kappa shape index (κ1) is 8.22. The van der Waals surface area contributed by atoms with Crippen molar-refractivity contribution in [3.05, 3.63) is 10.6 Å². The molecule has 0 N–H and O–H groups in total. The molecule has 0 aromatic heterocycles. The lowest BCUT2D eigenvalue weighted by Crippen LogP contribution is -1.85. The van der Waals surface area contributed by atoms with Crippen molar-refractivity contribution < 1.29 is 0 Å². The molecule has 0 aromatic rings. The van der Waals surface area contributed by atoms with Gasteiger partial charge in [0.25, 0.3) is 0 Å². The largest absolute Gasteiger partial charge is 0.0662 e. The summed E-state index contributed by atoms with van der Waals surface area (Å²) in [7, 11) is 0. The third-order valence-electron chi connectivity index (χ3n) is 0.916. The maximum Gasteiger partial charge on any atom is -0.0200 e. The van der Waals surface area contributed by atoms with Crippen LogP contribution in [0.2, 0.25) is 0 Å². The Morgan fingerprint density at radius 3 is 2.25 bits per heavy atom. The van der Waals surface area contributed by atoms with Crippen molar-refractivity contribution in [3.63, 3.8) is 0 Å². The van der Waals surface area contributed by atoms with E-state index in [4.69, 9.17) is 0 Å². The van der Waals surface area contributed by atoms with Crippen LogP contribution in [0.3, 0.4) is 0 Å². The van der Waals surface area contributed by atoms with Crippen LogP contribution in [0.5, 0.6) is 0 Å². The van der Waals surface area contributed by atoms with Crippen LogP contribution in [0.4, 0.5) is 0 Å². The number of halogens is 1. The first-order valence-electron chi connectivity index (χ1n) is 2.92. The first-order chi connectivity index (χ1) is 3.66. The van der Waals surface area contributed by atoms with Gasteiger partial charge in [-0.3, -0.25) is 0 Å². The van der Waals surface area contributed by atoms with Gasteiger partial charge in [0.2, 0.25) is 0 Å². The van der Waals surface area contributed by atoms with Crippen LogP contribution in [0.25, 0.3) is 0 Å². The molecule has 0 bridgehead atoms. The van der Waals surface area contributed by atoms with E-state index in [1.54, 1.807) is 0 Å². The van der Waals surface area contributed by atoms with Crippen LogP contribution in [0.15, 0.2) is 10.6 Å². The SMILES string of the molecule is C/C(=C\Br)CC(C)C. The predicted octanol–water partition coefficient (Wildman–Crippen LogP) is 3.33. The Kier molecular flexibility index (Phi) is 4.25. The summed E-state index contributed by atoms with van der Waals surface area (Å²) in [6.07, 6.45) is 1.20. The van der Waals surface area contributed by atoms with Crippen molar-refractivity contribution in [2.45, 2.75) is 27.2 Å². The van der Waals surface area contributed by atoms with Crippen molar-refractivity contribution in [2.24, 2.45) is 5.92 Å². The van der Waals surface area contributed by atoms with Crippen LogP contribution in [0.1, 0.15) is 27.2 Å². The molecule has 0 unspecified atom stereocenters. The Labute approximate surface area is 60.1 Å². The smallest absolute Gasteiger partial charge is 0.0200 e. The summed E-state index contributed by atoms with van der Waals surface area (Å²) in [6, 6.07) is 0. The Bertz CT molecular complexity index is 82.4. The lowest BCUT2D eigenvalue weighted by Gasteiger charge is -2.01. The van der Waals surface area contributed by atoms with Gasteiger partial charge in [0.05, 0.1) is 0 Å². The maximum absolute atomic E-state index is 3.28. The van der Waals surface area contributed by atoms with E-state index in [0.29, 0.717) is 0 Å². The summed E-state index contributed by atoms with van der Waals surface area (Å²) in [6.45, 7) is 6.58. The molecule has 1 heteroatoms. The van der Waals surface area contributed by atoms with Gasteiger partial charge in [-0.1, -0.05) is 35.4 Å². The normalized spacial score (nSPS) is 12.9. The predicted molar refractivity (Wildman–Crippen MR) is 42.1 cm³/mol. The van der Waals surface area contributed by atoms with Gasteiger partial charge in [-0.2, -0.15) is 0 Å². The first-order valence-corrected chi connectivity index (χ1v) is 3.84. The van der Waals surface area contributed by atoms with Gasteiger partial charge >= 0.3 is 0 Å². The molecule has 0 saturated heterocycles. The van der Waals surface area contributed by atoms with Gasteiger partial charge in [0.1, 0.15) is 0 Å². The fraction of sp³-hybridized carbons (Fsp3) is 0.714. The third kappa shape index (κ3) is 4.38. The van der Waals surface area contributed by atoms with Gasteiger partial charge in [0.15, 0.2) is 0 Å². The van der Waals surface area contributed by atoms with Crippen LogP contribution in [-0.4, -0.2) is 0 Å². The average molecular weight is 177 g/mol. The van der Waals surface area contributed by atoms with E-state index in [0.717, 1.165) is 5.92 Å². The van der Waals surface area contributed by atoms with Gasteiger partial charge in [-0.05, 0) is 24.2 Å². The summed E-state index contributed by atoms with van der Waals surface area (Å²) in [5.74, 6) is 0.781. The zero-order valence-corrected chi connectivity index (χ0v) is 7.33. The lowest BCUT2D eigenvalue weighted by molar-refractivity contribution is 0.643. The standard InChI is InChI=1S/C7H13Br/c1-6(2)4-7(3)5-8/h5-6H,4H2,1-3H3/b7-5+. The van der Waals surface area contributed by atoms with E-state index < -0.39 is 0 Å². The van der Waals surface area contributed by atoms with Crippen LogP contribution >= 0.6 is 15.9 Å². The van der Waals surface area contributed by atoms with Crippen LogP contribution < -0.4 is 0 Å². The van der Waals surface area contributed by atoms with Gasteiger partial charge in [-0.25, -0.2) is 0 Å². The zero-order chi connectivity index (χ0) is 6.57. The van der Waals surface area contributed by atoms with Crippen molar-refractivity contribution in [1.82, 2.24) is 0 Å².